The lowest BCUT2D eigenvalue weighted by Gasteiger charge is -2.09. The minimum atomic E-state index is -4.63. The van der Waals surface area contributed by atoms with Crippen molar-refractivity contribution < 1.29 is 17.6 Å². The third-order valence-corrected chi connectivity index (χ3v) is 4.87. The summed E-state index contributed by atoms with van der Waals surface area (Å²) in [7, 11) is 0. The van der Waals surface area contributed by atoms with Gasteiger partial charge in [0.05, 0.1) is 18.4 Å². The Kier molecular flexibility index (Phi) is 4.07. The van der Waals surface area contributed by atoms with Gasteiger partial charge < -0.3 is 4.42 Å². The highest BCUT2D eigenvalue weighted by atomic mass is 35.5. The smallest absolute Gasteiger partial charge is 0.433 e. The fraction of sp³-hybridized carbons (Fsp3) is 0.200. The first kappa shape index (κ1) is 17.7. The van der Waals surface area contributed by atoms with Crippen molar-refractivity contribution in [2.75, 3.05) is 0 Å². The normalized spacial score (nSPS) is 12.2. The Morgan fingerprint density at radius 2 is 2.11 bits per heavy atom. The van der Waals surface area contributed by atoms with Crippen molar-refractivity contribution in [3.05, 3.63) is 56.4 Å². The fourth-order valence-corrected chi connectivity index (χ4v) is 3.86. The molecule has 27 heavy (non-hydrogen) atoms. The van der Waals surface area contributed by atoms with Crippen LogP contribution in [0.15, 0.2) is 33.8 Å². The predicted molar refractivity (Wildman–Crippen MR) is 90.9 cm³/mol. The number of fused-ring (bicyclic) bond motifs is 1. The highest BCUT2D eigenvalue weighted by Crippen LogP contribution is 2.32. The molecule has 0 amide bonds. The van der Waals surface area contributed by atoms with Gasteiger partial charge in [-0.3, -0.25) is 9.48 Å². The van der Waals surface area contributed by atoms with Crippen LogP contribution in [0.4, 0.5) is 13.2 Å². The van der Waals surface area contributed by atoms with Gasteiger partial charge in [-0.15, -0.1) is 11.3 Å². The maximum atomic E-state index is 13.1. The van der Waals surface area contributed by atoms with E-state index in [0.717, 1.165) is 17.0 Å². The van der Waals surface area contributed by atoms with Gasteiger partial charge in [0.25, 0.3) is 5.56 Å². The highest BCUT2D eigenvalue weighted by Gasteiger charge is 2.36. The molecule has 7 nitrogen and oxygen atoms in total. The Labute approximate surface area is 157 Å². The zero-order chi connectivity index (χ0) is 19.3. The SMILES string of the molecule is Cc1sc2nc(Cn3nc(Cl)cc3C(F)(F)F)cc(=O)n2c1-c1ncco1. The molecule has 0 fully saturated rings. The standard InChI is InChI=1S/C15H9ClF3N5O2S/c1-7-12(13-20-2-3-26-13)24-11(25)4-8(21-14(24)27-7)6-23-9(15(17,18)19)5-10(16)22-23/h2-5H,6H2,1H3. The molecule has 0 bridgehead atoms. The molecule has 4 aromatic rings. The first-order chi connectivity index (χ1) is 12.7. The fourth-order valence-electron chi connectivity index (χ4n) is 2.68. The van der Waals surface area contributed by atoms with E-state index in [1.54, 1.807) is 6.92 Å². The topological polar surface area (TPSA) is 78.2 Å². The summed E-state index contributed by atoms with van der Waals surface area (Å²) in [6.45, 7) is 1.42. The first-order valence-corrected chi connectivity index (χ1v) is 8.66. The summed E-state index contributed by atoms with van der Waals surface area (Å²) < 4.78 is 46.5. The van der Waals surface area contributed by atoms with Crippen LogP contribution in [0.1, 0.15) is 16.3 Å². The zero-order valence-electron chi connectivity index (χ0n) is 13.5. The molecule has 0 spiro atoms. The number of oxazole rings is 1. The molecule has 4 heterocycles. The molecular formula is C15H9ClF3N5O2S. The van der Waals surface area contributed by atoms with Gasteiger partial charge >= 0.3 is 6.18 Å². The summed E-state index contributed by atoms with van der Waals surface area (Å²) in [6, 6.07) is 1.88. The van der Waals surface area contributed by atoms with Gasteiger partial charge in [-0.05, 0) is 6.92 Å². The molecule has 0 saturated heterocycles. The third-order valence-electron chi connectivity index (χ3n) is 3.73. The lowest BCUT2D eigenvalue weighted by Crippen LogP contribution is -2.19. The molecule has 0 aromatic carbocycles. The monoisotopic (exact) mass is 415 g/mol. The van der Waals surface area contributed by atoms with E-state index in [0.29, 0.717) is 15.3 Å². The van der Waals surface area contributed by atoms with Gasteiger partial charge in [0, 0.05) is 17.0 Å². The van der Waals surface area contributed by atoms with Crippen LogP contribution in [0.3, 0.4) is 0 Å². The van der Waals surface area contributed by atoms with Crippen LogP contribution < -0.4 is 5.56 Å². The molecule has 0 N–H and O–H groups in total. The van der Waals surface area contributed by atoms with E-state index in [1.807, 2.05) is 0 Å². The predicted octanol–water partition coefficient (Wildman–Crippen LogP) is 3.64. The van der Waals surface area contributed by atoms with Crippen LogP contribution in [-0.2, 0) is 12.7 Å². The molecule has 0 saturated carbocycles. The molecule has 0 radical (unpaired) electrons. The number of alkyl halides is 3. The van der Waals surface area contributed by atoms with E-state index in [2.05, 4.69) is 15.1 Å². The Hall–Kier alpha value is -2.66. The Morgan fingerprint density at radius 3 is 2.78 bits per heavy atom. The molecule has 0 aliphatic carbocycles. The number of halogens is 4. The van der Waals surface area contributed by atoms with E-state index in [9.17, 15) is 18.0 Å². The van der Waals surface area contributed by atoms with Crippen molar-refractivity contribution in [2.45, 2.75) is 19.6 Å². The summed E-state index contributed by atoms with van der Waals surface area (Å²) in [4.78, 5) is 22.0. The Balaban J connectivity index is 1.81. The summed E-state index contributed by atoms with van der Waals surface area (Å²) in [6.07, 6.45) is -1.80. The van der Waals surface area contributed by atoms with Gasteiger partial charge in [0.1, 0.15) is 17.7 Å². The second-order valence-electron chi connectivity index (χ2n) is 5.56. The van der Waals surface area contributed by atoms with Crippen molar-refractivity contribution >= 4 is 27.9 Å². The Morgan fingerprint density at radius 1 is 1.33 bits per heavy atom. The lowest BCUT2D eigenvalue weighted by atomic mass is 10.3. The van der Waals surface area contributed by atoms with Gasteiger partial charge in [-0.2, -0.15) is 18.3 Å². The quantitative estimate of drug-likeness (QED) is 0.510. The second-order valence-corrected chi connectivity index (χ2v) is 7.12. The zero-order valence-corrected chi connectivity index (χ0v) is 15.1. The molecule has 0 aliphatic heterocycles. The molecular weight excluding hydrogens is 407 g/mol. The van der Waals surface area contributed by atoms with Crippen molar-refractivity contribution in [3.63, 3.8) is 0 Å². The minimum Gasteiger partial charge on any atom is -0.443 e. The van der Waals surface area contributed by atoms with Crippen molar-refractivity contribution in [3.8, 4) is 11.6 Å². The average molecular weight is 416 g/mol. The van der Waals surface area contributed by atoms with Gasteiger partial charge in [0.15, 0.2) is 10.1 Å². The van der Waals surface area contributed by atoms with Crippen LogP contribution in [0.25, 0.3) is 16.5 Å². The molecule has 0 unspecified atom stereocenters. The van der Waals surface area contributed by atoms with E-state index in [4.69, 9.17) is 16.0 Å². The number of rotatable bonds is 3. The molecule has 4 aromatic heterocycles. The van der Waals surface area contributed by atoms with E-state index in [1.165, 1.54) is 28.2 Å². The number of thiazole rings is 1. The van der Waals surface area contributed by atoms with Crippen LogP contribution in [0.5, 0.6) is 0 Å². The van der Waals surface area contributed by atoms with Crippen molar-refractivity contribution in [1.29, 1.82) is 0 Å². The van der Waals surface area contributed by atoms with Gasteiger partial charge in [-0.25, -0.2) is 14.4 Å². The van der Waals surface area contributed by atoms with Crippen LogP contribution in [0.2, 0.25) is 5.15 Å². The van der Waals surface area contributed by atoms with E-state index < -0.39 is 17.4 Å². The van der Waals surface area contributed by atoms with Crippen LogP contribution >= 0.6 is 22.9 Å². The lowest BCUT2D eigenvalue weighted by molar-refractivity contribution is -0.144. The van der Waals surface area contributed by atoms with E-state index in [-0.39, 0.29) is 23.3 Å². The van der Waals surface area contributed by atoms with Crippen molar-refractivity contribution in [2.24, 2.45) is 0 Å². The average Bonchev–Trinajstić information content (AvgIpc) is 3.25. The summed E-state index contributed by atoms with van der Waals surface area (Å²) >= 11 is 6.82. The number of hydrogen-bond donors (Lipinski definition) is 0. The largest absolute Gasteiger partial charge is 0.443 e. The van der Waals surface area contributed by atoms with E-state index >= 15 is 0 Å². The number of aromatic nitrogens is 5. The maximum absolute atomic E-state index is 13.1. The summed E-state index contributed by atoms with van der Waals surface area (Å²) in [5.74, 6) is 0.258. The number of aryl methyl sites for hydroxylation is 1. The van der Waals surface area contributed by atoms with Gasteiger partial charge in [-0.1, -0.05) is 11.6 Å². The van der Waals surface area contributed by atoms with Crippen LogP contribution in [-0.4, -0.2) is 24.1 Å². The Bertz CT molecular complexity index is 1190. The summed E-state index contributed by atoms with van der Waals surface area (Å²) in [5.41, 5.74) is -0.885. The second kappa shape index (κ2) is 6.20. The van der Waals surface area contributed by atoms with Crippen LogP contribution in [0, 0.1) is 6.92 Å². The van der Waals surface area contributed by atoms with Crippen molar-refractivity contribution in [1.82, 2.24) is 24.1 Å². The maximum Gasteiger partial charge on any atom is 0.433 e. The van der Waals surface area contributed by atoms with Gasteiger partial charge in [0.2, 0.25) is 5.89 Å². The molecule has 12 heteroatoms. The molecule has 4 rings (SSSR count). The molecule has 140 valence electrons. The highest BCUT2D eigenvalue weighted by molar-refractivity contribution is 7.17. The summed E-state index contributed by atoms with van der Waals surface area (Å²) in [5, 5.41) is 3.34. The molecule has 0 aliphatic rings. The third kappa shape index (κ3) is 3.12. The molecule has 0 atom stereocenters. The number of nitrogens with zero attached hydrogens (tertiary/aromatic N) is 5. The first-order valence-electron chi connectivity index (χ1n) is 7.46. The minimum absolute atomic E-state index is 0.130. The number of hydrogen-bond acceptors (Lipinski definition) is 6.